The van der Waals surface area contributed by atoms with Gasteiger partial charge in [-0.2, -0.15) is 13.2 Å². The van der Waals surface area contributed by atoms with E-state index in [0.29, 0.717) is 11.5 Å². The maximum atomic E-state index is 12.9. The van der Waals surface area contributed by atoms with E-state index in [1.165, 1.54) is 18.2 Å². The smallest absolute Gasteiger partial charge is 0.416 e. The quantitative estimate of drug-likeness (QED) is 0.803. The molecule has 0 saturated heterocycles. The fourth-order valence-electron chi connectivity index (χ4n) is 2.30. The minimum atomic E-state index is -4.51. The fraction of sp³-hybridized carbons (Fsp3) is 0.235. The van der Waals surface area contributed by atoms with Gasteiger partial charge in [0.25, 0.3) is 0 Å². The number of esters is 1. The highest BCUT2D eigenvalue weighted by Gasteiger charge is 2.34. The van der Waals surface area contributed by atoms with Crippen LogP contribution < -0.4 is 9.47 Å². The van der Waals surface area contributed by atoms with Gasteiger partial charge in [-0.25, -0.2) is 4.79 Å². The molecule has 0 N–H and O–H groups in total. The molecule has 0 spiro atoms. The standard InChI is InChI=1S/C17H13F3O4/c18-17(19,20)12-6-2-1-5-11(12)9-23-16(21)15-10-22-13-7-3-4-8-14(13)24-15/h1-8,15H,9-10H2/t15-/m1/s1. The first-order valence-corrected chi connectivity index (χ1v) is 7.15. The average Bonchev–Trinajstić information content (AvgIpc) is 2.58. The number of para-hydroxylation sites is 2. The minimum Gasteiger partial charge on any atom is -0.485 e. The second-order valence-electron chi connectivity index (χ2n) is 5.13. The van der Waals surface area contributed by atoms with E-state index in [1.54, 1.807) is 24.3 Å². The third kappa shape index (κ3) is 3.45. The molecule has 1 atom stereocenters. The molecule has 3 rings (SSSR count). The molecule has 0 unspecified atom stereocenters. The van der Waals surface area contributed by atoms with Crippen molar-refractivity contribution in [2.24, 2.45) is 0 Å². The molecule has 0 bridgehead atoms. The zero-order valence-corrected chi connectivity index (χ0v) is 12.4. The van der Waals surface area contributed by atoms with Gasteiger partial charge >= 0.3 is 12.1 Å². The van der Waals surface area contributed by atoms with Gasteiger partial charge in [-0.1, -0.05) is 30.3 Å². The van der Waals surface area contributed by atoms with Crippen molar-refractivity contribution in [1.82, 2.24) is 0 Å². The van der Waals surface area contributed by atoms with E-state index < -0.39 is 30.4 Å². The van der Waals surface area contributed by atoms with E-state index >= 15 is 0 Å². The van der Waals surface area contributed by atoms with Crippen molar-refractivity contribution in [3.63, 3.8) is 0 Å². The topological polar surface area (TPSA) is 44.8 Å². The van der Waals surface area contributed by atoms with Gasteiger partial charge in [0.1, 0.15) is 13.2 Å². The van der Waals surface area contributed by atoms with Crippen LogP contribution in [0.3, 0.4) is 0 Å². The molecule has 1 aliphatic rings. The molecule has 1 aliphatic heterocycles. The Kier molecular flexibility index (Phi) is 4.33. The van der Waals surface area contributed by atoms with Crippen molar-refractivity contribution in [3.8, 4) is 11.5 Å². The van der Waals surface area contributed by atoms with Gasteiger partial charge in [-0.3, -0.25) is 0 Å². The first-order valence-electron chi connectivity index (χ1n) is 7.15. The number of hydrogen-bond acceptors (Lipinski definition) is 4. The maximum absolute atomic E-state index is 12.9. The molecule has 0 fully saturated rings. The predicted octanol–water partition coefficient (Wildman–Crippen LogP) is 3.59. The first-order chi connectivity index (χ1) is 11.4. The molecule has 0 aliphatic carbocycles. The second-order valence-corrected chi connectivity index (χ2v) is 5.13. The SMILES string of the molecule is O=C(OCc1ccccc1C(F)(F)F)[C@H]1COc2ccccc2O1. The van der Waals surface area contributed by atoms with E-state index in [1.807, 2.05) is 0 Å². The second kappa shape index (κ2) is 6.43. The lowest BCUT2D eigenvalue weighted by Crippen LogP contribution is -2.37. The van der Waals surface area contributed by atoms with Crippen molar-refractivity contribution in [1.29, 1.82) is 0 Å². The van der Waals surface area contributed by atoms with Crippen LogP contribution in [0.5, 0.6) is 11.5 Å². The van der Waals surface area contributed by atoms with Crippen molar-refractivity contribution in [3.05, 3.63) is 59.7 Å². The highest BCUT2D eigenvalue weighted by molar-refractivity contribution is 5.76. The number of rotatable bonds is 3. The Balaban J connectivity index is 1.65. The molecule has 0 radical (unpaired) electrons. The summed E-state index contributed by atoms with van der Waals surface area (Å²) in [7, 11) is 0. The zero-order chi connectivity index (χ0) is 17.2. The summed E-state index contributed by atoms with van der Waals surface area (Å²) < 4.78 is 54.5. The molecule has 2 aromatic carbocycles. The molecule has 24 heavy (non-hydrogen) atoms. The summed E-state index contributed by atoms with van der Waals surface area (Å²) in [6, 6.07) is 11.7. The summed E-state index contributed by atoms with van der Waals surface area (Å²) in [5, 5.41) is 0. The molecule has 0 amide bonds. The highest BCUT2D eigenvalue weighted by atomic mass is 19.4. The number of hydrogen-bond donors (Lipinski definition) is 0. The van der Waals surface area contributed by atoms with Gasteiger partial charge in [-0.05, 0) is 18.2 Å². The van der Waals surface area contributed by atoms with Crippen LogP contribution in [0.4, 0.5) is 13.2 Å². The Labute approximate surface area is 135 Å². The number of halogens is 3. The van der Waals surface area contributed by atoms with E-state index in [0.717, 1.165) is 6.07 Å². The molecular formula is C17H13F3O4. The van der Waals surface area contributed by atoms with Gasteiger partial charge in [-0.15, -0.1) is 0 Å². The third-order valence-corrected chi connectivity index (χ3v) is 3.46. The normalized spacial score (nSPS) is 16.5. The van der Waals surface area contributed by atoms with Crippen molar-refractivity contribution >= 4 is 5.97 Å². The first kappa shape index (κ1) is 16.2. The van der Waals surface area contributed by atoms with Crippen LogP contribution in [0.25, 0.3) is 0 Å². The van der Waals surface area contributed by atoms with Crippen LogP contribution >= 0.6 is 0 Å². The van der Waals surface area contributed by atoms with E-state index in [9.17, 15) is 18.0 Å². The van der Waals surface area contributed by atoms with Crippen molar-refractivity contribution in [2.75, 3.05) is 6.61 Å². The van der Waals surface area contributed by atoms with Crippen molar-refractivity contribution in [2.45, 2.75) is 18.9 Å². The molecule has 7 heteroatoms. The van der Waals surface area contributed by atoms with Gasteiger partial charge in [0, 0.05) is 5.56 Å². The fourth-order valence-corrected chi connectivity index (χ4v) is 2.30. The minimum absolute atomic E-state index is 0.0588. The number of carbonyl (C=O) groups is 1. The highest BCUT2D eigenvalue weighted by Crippen LogP contribution is 2.33. The molecule has 0 saturated carbocycles. The lowest BCUT2D eigenvalue weighted by Gasteiger charge is -2.25. The number of benzene rings is 2. The lowest BCUT2D eigenvalue weighted by atomic mass is 10.1. The Morgan fingerprint density at radius 2 is 1.75 bits per heavy atom. The van der Waals surface area contributed by atoms with E-state index in [2.05, 4.69) is 0 Å². The number of ether oxygens (including phenoxy) is 3. The zero-order valence-electron chi connectivity index (χ0n) is 12.4. The Bertz CT molecular complexity index is 743. The lowest BCUT2D eigenvalue weighted by molar-refractivity contribution is -0.157. The average molecular weight is 338 g/mol. The molecule has 1 heterocycles. The van der Waals surface area contributed by atoms with Crippen molar-refractivity contribution < 1.29 is 32.2 Å². The van der Waals surface area contributed by atoms with Crippen LogP contribution in [0.2, 0.25) is 0 Å². The summed E-state index contributed by atoms with van der Waals surface area (Å²) in [5.41, 5.74) is -0.945. The number of carbonyl (C=O) groups excluding carboxylic acids is 1. The third-order valence-electron chi connectivity index (χ3n) is 3.46. The van der Waals surface area contributed by atoms with E-state index in [-0.39, 0.29) is 12.2 Å². The van der Waals surface area contributed by atoms with Crippen LogP contribution in [0.15, 0.2) is 48.5 Å². The summed E-state index contributed by atoms with van der Waals surface area (Å²) in [6.45, 7) is -0.549. The Morgan fingerprint density at radius 1 is 1.08 bits per heavy atom. The molecule has 4 nitrogen and oxygen atoms in total. The monoisotopic (exact) mass is 338 g/mol. The summed E-state index contributed by atoms with van der Waals surface area (Å²) in [4.78, 5) is 12.0. The molecule has 0 aromatic heterocycles. The van der Waals surface area contributed by atoms with Crippen LogP contribution in [-0.4, -0.2) is 18.7 Å². The van der Waals surface area contributed by atoms with Gasteiger partial charge < -0.3 is 14.2 Å². The largest absolute Gasteiger partial charge is 0.485 e. The van der Waals surface area contributed by atoms with Crippen LogP contribution in [0.1, 0.15) is 11.1 Å². The van der Waals surface area contributed by atoms with Crippen LogP contribution in [0, 0.1) is 0 Å². The molecule has 2 aromatic rings. The number of alkyl halides is 3. The Morgan fingerprint density at radius 3 is 2.50 bits per heavy atom. The predicted molar refractivity (Wildman–Crippen MR) is 77.6 cm³/mol. The summed E-state index contributed by atoms with van der Waals surface area (Å²) in [5.74, 6) is 0.117. The van der Waals surface area contributed by atoms with Gasteiger partial charge in [0.05, 0.1) is 5.56 Å². The Hall–Kier alpha value is -2.70. The van der Waals surface area contributed by atoms with Crippen LogP contribution in [-0.2, 0) is 22.3 Å². The molecule has 126 valence electrons. The van der Waals surface area contributed by atoms with Gasteiger partial charge in [0.2, 0.25) is 6.10 Å². The summed E-state index contributed by atoms with van der Waals surface area (Å²) in [6.07, 6.45) is -5.52. The number of fused-ring (bicyclic) bond motifs is 1. The molecular weight excluding hydrogens is 325 g/mol. The van der Waals surface area contributed by atoms with Gasteiger partial charge in [0.15, 0.2) is 11.5 Å². The maximum Gasteiger partial charge on any atom is 0.416 e. The van der Waals surface area contributed by atoms with E-state index in [4.69, 9.17) is 14.2 Å². The summed E-state index contributed by atoms with van der Waals surface area (Å²) >= 11 is 0.